The Hall–Kier alpha value is -2.24. The molecule has 2 aromatic rings. The van der Waals surface area contributed by atoms with Gasteiger partial charge in [0.05, 0.1) is 5.56 Å². The van der Waals surface area contributed by atoms with Crippen molar-refractivity contribution >= 4 is 5.91 Å². The third kappa shape index (κ3) is 5.37. The van der Waals surface area contributed by atoms with Crippen LogP contribution in [0.4, 0.5) is 4.39 Å². The summed E-state index contributed by atoms with van der Waals surface area (Å²) in [6, 6.07) is 17.5. The Morgan fingerprint density at radius 2 is 1.78 bits per heavy atom. The van der Waals surface area contributed by atoms with E-state index in [-0.39, 0.29) is 11.5 Å². The lowest BCUT2D eigenvalue weighted by atomic mass is 9.99. The molecule has 144 valence electrons. The van der Waals surface area contributed by atoms with Crippen molar-refractivity contribution in [3.63, 3.8) is 0 Å². The SMILES string of the molecule is CN(CCCCCC1CC(c2ccccc2)NN1)C(=O)c1ccccc1F. The molecule has 1 aliphatic rings. The molecule has 1 aliphatic heterocycles. The van der Waals surface area contributed by atoms with Gasteiger partial charge in [0.25, 0.3) is 5.91 Å². The van der Waals surface area contributed by atoms with Gasteiger partial charge in [-0.15, -0.1) is 0 Å². The molecule has 0 saturated carbocycles. The summed E-state index contributed by atoms with van der Waals surface area (Å²) in [7, 11) is 1.74. The van der Waals surface area contributed by atoms with Gasteiger partial charge in [-0.1, -0.05) is 55.3 Å². The van der Waals surface area contributed by atoms with Gasteiger partial charge >= 0.3 is 0 Å². The molecule has 0 bridgehead atoms. The lowest BCUT2D eigenvalue weighted by Crippen LogP contribution is -2.31. The van der Waals surface area contributed by atoms with Crippen molar-refractivity contribution in [2.45, 2.75) is 44.2 Å². The summed E-state index contributed by atoms with van der Waals surface area (Å²) in [5.41, 5.74) is 8.24. The van der Waals surface area contributed by atoms with Crippen molar-refractivity contribution in [2.24, 2.45) is 0 Å². The van der Waals surface area contributed by atoms with Crippen LogP contribution in [-0.4, -0.2) is 30.4 Å². The zero-order valence-electron chi connectivity index (χ0n) is 15.8. The molecule has 1 amide bonds. The first-order valence-electron chi connectivity index (χ1n) is 9.71. The maximum atomic E-state index is 13.7. The Labute approximate surface area is 160 Å². The fourth-order valence-electron chi connectivity index (χ4n) is 3.57. The summed E-state index contributed by atoms with van der Waals surface area (Å²) in [5, 5.41) is 0. The molecule has 2 N–H and O–H groups in total. The van der Waals surface area contributed by atoms with Crippen molar-refractivity contribution in [2.75, 3.05) is 13.6 Å². The highest BCUT2D eigenvalue weighted by atomic mass is 19.1. The van der Waals surface area contributed by atoms with Gasteiger partial charge in [-0.3, -0.25) is 15.6 Å². The van der Waals surface area contributed by atoms with E-state index < -0.39 is 5.82 Å². The van der Waals surface area contributed by atoms with E-state index in [1.165, 1.54) is 17.7 Å². The Kier molecular flexibility index (Phi) is 6.96. The largest absolute Gasteiger partial charge is 0.342 e. The van der Waals surface area contributed by atoms with Crippen LogP contribution in [-0.2, 0) is 0 Å². The van der Waals surface area contributed by atoms with E-state index in [4.69, 9.17) is 0 Å². The van der Waals surface area contributed by atoms with Crippen LogP contribution >= 0.6 is 0 Å². The van der Waals surface area contributed by atoms with Crippen LogP contribution in [0.25, 0.3) is 0 Å². The number of hydrazine groups is 1. The monoisotopic (exact) mass is 369 g/mol. The fraction of sp³-hybridized carbons (Fsp3) is 0.409. The zero-order chi connectivity index (χ0) is 19.1. The maximum Gasteiger partial charge on any atom is 0.256 e. The minimum absolute atomic E-state index is 0.146. The van der Waals surface area contributed by atoms with E-state index in [0.717, 1.165) is 32.1 Å². The molecule has 27 heavy (non-hydrogen) atoms. The number of nitrogens with zero attached hydrogens (tertiary/aromatic N) is 1. The van der Waals surface area contributed by atoms with E-state index >= 15 is 0 Å². The second-order valence-corrected chi connectivity index (χ2v) is 7.24. The topological polar surface area (TPSA) is 44.4 Å². The van der Waals surface area contributed by atoms with Crippen LogP contribution in [0.1, 0.15) is 54.1 Å². The average molecular weight is 369 g/mol. The average Bonchev–Trinajstić information content (AvgIpc) is 3.17. The van der Waals surface area contributed by atoms with Gasteiger partial charge in [0.2, 0.25) is 0 Å². The molecule has 2 aromatic carbocycles. The molecule has 2 atom stereocenters. The summed E-state index contributed by atoms with van der Waals surface area (Å²) in [6.45, 7) is 0.649. The Morgan fingerprint density at radius 1 is 1.04 bits per heavy atom. The molecule has 2 unspecified atom stereocenters. The van der Waals surface area contributed by atoms with Crippen molar-refractivity contribution in [1.82, 2.24) is 15.8 Å². The van der Waals surface area contributed by atoms with Crippen molar-refractivity contribution in [3.8, 4) is 0 Å². The predicted molar refractivity (Wildman–Crippen MR) is 106 cm³/mol. The van der Waals surface area contributed by atoms with Crippen molar-refractivity contribution in [3.05, 3.63) is 71.5 Å². The molecule has 0 radical (unpaired) electrons. The van der Waals surface area contributed by atoms with Crippen LogP contribution in [0.2, 0.25) is 0 Å². The molecule has 0 aromatic heterocycles. The van der Waals surface area contributed by atoms with E-state index in [2.05, 4.69) is 35.1 Å². The van der Waals surface area contributed by atoms with Crippen molar-refractivity contribution < 1.29 is 9.18 Å². The highest BCUT2D eigenvalue weighted by molar-refractivity contribution is 5.94. The Bertz CT molecular complexity index is 737. The van der Waals surface area contributed by atoms with E-state index in [0.29, 0.717) is 18.6 Å². The number of unbranched alkanes of at least 4 members (excludes halogenated alkanes) is 2. The van der Waals surface area contributed by atoms with Gasteiger partial charge in [0.15, 0.2) is 0 Å². The first kappa shape index (κ1) is 19.5. The van der Waals surface area contributed by atoms with E-state index in [1.807, 2.05) is 6.07 Å². The van der Waals surface area contributed by atoms with Gasteiger partial charge in [-0.2, -0.15) is 0 Å². The molecular weight excluding hydrogens is 341 g/mol. The van der Waals surface area contributed by atoms with Crippen LogP contribution in [0, 0.1) is 5.82 Å². The number of hydrogen-bond acceptors (Lipinski definition) is 3. The number of carbonyl (C=O) groups is 1. The first-order valence-corrected chi connectivity index (χ1v) is 9.71. The molecule has 1 saturated heterocycles. The number of amides is 1. The number of rotatable bonds is 8. The normalized spacial score (nSPS) is 19.2. The minimum Gasteiger partial charge on any atom is -0.342 e. The van der Waals surface area contributed by atoms with Crippen LogP contribution < -0.4 is 10.9 Å². The maximum absolute atomic E-state index is 13.7. The van der Waals surface area contributed by atoms with Gasteiger partial charge in [-0.25, -0.2) is 4.39 Å². The van der Waals surface area contributed by atoms with Gasteiger partial charge < -0.3 is 4.90 Å². The zero-order valence-corrected chi connectivity index (χ0v) is 15.8. The van der Waals surface area contributed by atoms with Gasteiger partial charge in [0.1, 0.15) is 5.82 Å². The summed E-state index contributed by atoms with van der Waals surface area (Å²) in [6.07, 6.45) is 5.31. The summed E-state index contributed by atoms with van der Waals surface area (Å²) in [4.78, 5) is 13.9. The molecular formula is C22H28FN3O. The summed E-state index contributed by atoms with van der Waals surface area (Å²) < 4.78 is 13.7. The second kappa shape index (κ2) is 9.62. The smallest absolute Gasteiger partial charge is 0.256 e. The second-order valence-electron chi connectivity index (χ2n) is 7.24. The highest BCUT2D eigenvalue weighted by Gasteiger charge is 2.24. The van der Waals surface area contributed by atoms with Gasteiger partial charge in [-0.05, 0) is 37.0 Å². The van der Waals surface area contributed by atoms with E-state index in [1.54, 1.807) is 24.1 Å². The molecule has 1 heterocycles. The highest BCUT2D eigenvalue weighted by Crippen LogP contribution is 2.24. The van der Waals surface area contributed by atoms with Gasteiger partial charge in [0, 0.05) is 25.7 Å². The quantitative estimate of drug-likeness (QED) is 0.690. The number of nitrogens with one attached hydrogen (secondary N) is 2. The third-order valence-corrected chi connectivity index (χ3v) is 5.18. The predicted octanol–water partition coefficient (Wildman–Crippen LogP) is 4.07. The van der Waals surface area contributed by atoms with Crippen LogP contribution in [0.5, 0.6) is 0 Å². The first-order chi connectivity index (χ1) is 13.1. The van der Waals surface area contributed by atoms with E-state index in [9.17, 15) is 9.18 Å². The standard InChI is InChI=1S/C22H28FN3O/c1-26(22(27)19-13-7-8-14-20(19)23)15-9-3-6-12-18-16-21(25-24-18)17-10-4-2-5-11-17/h2,4-5,7-8,10-11,13-14,18,21,24-25H,3,6,9,12,15-16H2,1H3. The lowest BCUT2D eigenvalue weighted by molar-refractivity contribution is 0.0788. The number of carbonyl (C=O) groups excluding carboxylic acids is 1. The fourth-order valence-corrected chi connectivity index (χ4v) is 3.57. The lowest BCUT2D eigenvalue weighted by Gasteiger charge is -2.17. The molecule has 0 spiro atoms. The Morgan fingerprint density at radius 3 is 2.56 bits per heavy atom. The minimum atomic E-state index is -0.456. The summed E-state index contributed by atoms with van der Waals surface area (Å²) >= 11 is 0. The van der Waals surface area contributed by atoms with Crippen LogP contribution in [0.3, 0.4) is 0 Å². The molecule has 4 nitrogen and oxygen atoms in total. The third-order valence-electron chi connectivity index (χ3n) is 5.18. The molecule has 0 aliphatic carbocycles. The molecule has 1 fully saturated rings. The number of benzene rings is 2. The Balaban J connectivity index is 1.33. The number of halogens is 1. The molecule has 5 heteroatoms. The summed E-state index contributed by atoms with van der Waals surface area (Å²) in [5.74, 6) is -0.706. The number of hydrogen-bond donors (Lipinski definition) is 2. The molecule has 3 rings (SSSR count). The van der Waals surface area contributed by atoms with Crippen molar-refractivity contribution in [1.29, 1.82) is 0 Å². The van der Waals surface area contributed by atoms with Crippen LogP contribution in [0.15, 0.2) is 54.6 Å².